The highest BCUT2D eigenvalue weighted by Crippen LogP contribution is 2.36. The molecule has 0 aliphatic rings. The highest BCUT2D eigenvalue weighted by atomic mass is 127. The number of anilines is 1. The number of ether oxygens (including phenoxy) is 2. The topological polar surface area (TPSA) is 71.3 Å². The number of halogens is 3. The van der Waals surface area contributed by atoms with Gasteiger partial charge in [0, 0.05) is 20.2 Å². The van der Waals surface area contributed by atoms with E-state index < -0.39 is 5.91 Å². The van der Waals surface area contributed by atoms with Gasteiger partial charge in [0.2, 0.25) is 0 Å². The van der Waals surface area contributed by atoms with Gasteiger partial charge in [0.15, 0.2) is 11.5 Å². The summed E-state index contributed by atoms with van der Waals surface area (Å²) in [4.78, 5) is 12.6. The van der Waals surface area contributed by atoms with E-state index in [1.807, 2.05) is 55.5 Å². The third-order valence-electron chi connectivity index (χ3n) is 4.44. The quantitative estimate of drug-likeness (QED) is 0.154. The largest absolute Gasteiger partial charge is 0.490 e. The van der Waals surface area contributed by atoms with E-state index in [-0.39, 0.29) is 5.57 Å². The Balaban J connectivity index is 1.85. The summed E-state index contributed by atoms with van der Waals surface area (Å²) in [7, 11) is 0. The fourth-order valence-corrected chi connectivity index (χ4v) is 4.33. The van der Waals surface area contributed by atoms with Crippen molar-refractivity contribution in [1.82, 2.24) is 0 Å². The van der Waals surface area contributed by atoms with Gasteiger partial charge in [-0.15, -0.1) is 0 Å². The molecule has 0 bridgehead atoms. The van der Waals surface area contributed by atoms with Crippen LogP contribution in [0.5, 0.6) is 11.5 Å². The van der Waals surface area contributed by atoms with Crippen molar-refractivity contribution in [2.75, 3.05) is 11.9 Å². The molecule has 33 heavy (non-hydrogen) atoms. The van der Waals surface area contributed by atoms with E-state index in [1.165, 1.54) is 6.08 Å². The van der Waals surface area contributed by atoms with Crippen LogP contribution in [-0.4, -0.2) is 12.5 Å². The molecule has 8 heteroatoms. The first kappa shape index (κ1) is 25.3. The summed E-state index contributed by atoms with van der Waals surface area (Å²) in [6.45, 7) is 2.70. The lowest BCUT2D eigenvalue weighted by atomic mass is 10.1. The third kappa shape index (κ3) is 7.06. The lowest BCUT2D eigenvalue weighted by Crippen LogP contribution is -2.13. The van der Waals surface area contributed by atoms with E-state index in [1.54, 1.807) is 18.2 Å². The second-order valence-corrected chi connectivity index (χ2v) is 9.71. The van der Waals surface area contributed by atoms with Gasteiger partial charge < -0.3 is 14.8 Å². The molecule has 0 unspecified atom stereocenters. The second kappa shape index (κ2) is 12.2. The molecule has 168 valence electrons. The van der Waals surface area contributed by atoms with Crippen LogP contribution < -0.4 is 14.8 Å². The van der Waals surface area contributed by atoms with Crippen molar-refractivity contribution in [3.05, 3.63) is 89.9 Å². The molecular weight excluding hydrogens is 663 g/mol. The molecule has 0 spiro atoms. The average molecular weight is 682 g/mol. The molecule has 5 nitrogen and oxygen atoms in total. The monoisotopic (exact) mass is 680 g/mol. The van der Waals surface area contributed by atoms with Crippen molar-refractivity contribution in [1.29, 1.82) is 5.26 Å². The highest BCUT2D eigenvalue weighted by molar-refractivity contribution is 14.1. The number of benzene rings is 3. The third-order valence-corrected chi connectivity index (χ3v) is 6.54. The van der Waals surface area contributed by atoms with Gasteiger partial charge in [0.25, 0.3) is 5.91 Å². The molecule has 0 atom stereocenters. The van der Waals surface area contributed by atoms with Crippen LogP contribution in [0.15, 0.2) is 75.2 Å². The van der Waals surface area contributed by atoms with Crippen molar-refractivity contribution in [2.45, 2.75) is 13.5 Å². The first-order chi connectivity index (χ1) is 15.9. The van der Waals surface area contributed by atoms with Crippen molar-refractivity contribution < 1.29 is 14.3 Å². The molecular formula is C25H19Br2IN2O3. The Morgan fingerprint density at radius 2 is 1.85 bits per heavy atom. The zero-order valence-corrected chi connectivity index (χ0v) is 22.9. The summed E-state index contributed by atoms with van der Waals surface area (Å²) in [6, 6.07) is 20.6. The molecule has 0 fully saturated rings. The standard InChI is InChI=1S/C25H19Br2IN2O3/c1-2-32-23-13-16(11-18(14-29)25(31)30-20-9-7-19(26)8-10-20)12-22(28)24(23)33-15-17-5-3-4-6-21(17)27/h3-13H,2,15H2,1H3,(H,30,31)/b18-11+. The molecule has 0 aliphatic heterocycles. The normalized spacial score (nSPS) is 10.9. The van der Waals surface area contributed by atoms with E-state index in [2.05, 4.69) is 59.8 Å². The fourth-order valence-electron chi connectivity index (χ4n) is 2.89. The lowest BCUT2D eigenvalue weighted by molar-refractivity contribution is -0.112. The number of hydrogen-bond donors (Lipinski definition) is 1. The van der Waals surface area contributed by atoms with E-state index in [4.69, 9.17) is 9.47 Å². The van der Waals surface area contributed by atoms with E-state index in [0.717, 1.165) is 18.1 Å². The summed E-state index contributed by atoms with van der Waals surface area (Å²) in [6.07, 6.45) is 1.54. The maximum absolute atomic E-state index is 12.6. The van der Waals surface area contributed by atoms with Gasteiger partial charge in [-0.1, -0.05) is 50.1 Å². The molecule has 3 aromatic carbocycles. The van der Waals surface area contributed by atoms with Crippen LogP contribution in [-0.2, 0) is 11.4 Å². The van der Waals surface area contributed by atoms with Crippen LogP contribution >= 0.6 is 54.5 Å². The maximum atomic E-state index is 12.6. The SMILES string of the molecule is CCOc1cc(/C=C(\C#N)C(=O)Nc2ccc(Br)cc2)cc(I)c1OCc1ccccc1Br. The minimum Gasteiger partial charge on any atom is -0.490 e. The second-order valence-electron chi connectivity index (χ2n) is 6.77. The zero-order chi connectivity index (χ0) is 23.8. The number of rotatable bonds is 8. The molecule has 0 aromatic heterocycles. The summed E-state index contributed by atoms with van der Waals surface area (Å²) in [5, 5.41) is 12.3. The van der Waals surface area contributed by atoms with Crippen LogP contribution in [0.25, 0.3) is 6.08 Å². The molecule has 0 saturated heterocycles. The molecule has 0 saturated carbocycles. The summed E-state index contributed by atoms with van der Waals surface area (Å²) < 4.78 is 14.6. The fraction of sp³-hybridized carbons (Fsp3) is 0.120. The van der Waals surface area contributed by atoms with Crippen molar-refractivity contribution in [3.8, 4) is 17.6 Å². The van der Waals surface area contributed by atoms with Gasteiger partial charge in [-0.25, -0.2) is 0 Å². The van der Waals surface area contributed by atoms with Crippen LogP contribution in [0, 0.1) is 14.9 Å². The van der Waals surface area contributed by atoms with E-state index in [9.17, 15) is 10.1 Å². The Labute approximate surface area is 223 Å². The first-order valence-corrected chi connectivity index (χ1v) is 12.6. The molecule has 0 radical (unpaired) electrons. The van der Waals surface area contributed by atoms with Crippen molar-refractivity contribution in [3.63, 3.8) is 0 Å². The van der Waals surface area contributed by atoms with Gasteiger partial charge in [-0.3, -0.25) is 4.79 Å². The number of nitriles is 1. The molecule has 0 aliphatic carbocycles. The van der Waals surface area contributed by atoms with Crippen LogP contribution in [0.1, 0.15) is 18.1 Å². The van der Waals surface area contributed by atoms with Crippen LogP contribution in [0.3, 0.4) is 0 Å². The number of nitrogens with one attached hydrogen (secondary N) is 1. The van der Waals surface area contributed by atoms with Gasteiger partial charge in [0.1, 0.15) is 18.2 Å². The van der Waals surface area contributed by atoms with Gasteiger partial charge in [-0.05, 0) is 83.6 Å². The van der Waals surface area contributed by atoms with Gasteiger partial charge in [0.05, 0.1) is 10.2 Å². The highest BCUT2D eigenvalue weighted by Gasteiger charge is 2.15. The number of carbonyl (C=O) groups is 1. The Bertz CT molecular complexity index is 1220. The molecule has 3 rings (SSSR count). The van der Waals surface area contributed by atoms with Crippen LogP contribution in [0.2, 0.25) is 0 Å². The predicted octanol–water partition coefficient (Wildman–Crippen LogP) is 7.34. The molecule has 3 aromatic rings. The van der Waals surface area contributed by atoms with E-state index >= 15 is 0 Å². The van der Waals surface area contributed by atoms with Crippen molar-refractivity contribution in [2.24, 2.45) is 0 Å². The number of nitrogens with zero attached hydrogens (tertiary/aromatic N) is 1. The minimum atomic E-state index is -0.484. The van der Waals surface area contributed by atoms with Gasteiger partial charge >= 0.3 is 0 Å². The summed E-state index contributed by atoms with van der Waals surface area (Å²) >= 11 is 9.06. The van der Waals surface area contributed by atoms with E-state index in [0.29, 0.717) is 36.0 Å². The smallest absolute Gasteiger partial charge is 0.266 e. The lowest BCUT2D eigenvalue weighted by Gasteiger charge is -2.15. The Morgan fingerprint density at radius 3 is 2.52 bits per heavy atom. The predicted molar refractivity (Wildman–Crippen MR) is 145 cm³/mol. The molecule has 1 amide bonds. The molecule has 1 N–H and O–H groups in total. The summed E-state index contributed by atoms with van der Waals surface area (Å²) in [5.41, 5.74) is 2.26. The number of carbonyl (C=O) groups excluding carboxylic acids is 1. The van der Waals surface area contributed by atoms with Crippen LogP contribution in [0.4, 0.5) is 5.69 Å². The van der Waals surface area contributed by atoms with Gasteiger partial charge in [-0.2, -0.15) is 5.26 Å². The minimum absolute atomic E-state index is 0.0157. The number of amides is 1. The first-order valence-electron chi connectivity index (χ1n) is 9.92. The molecule has 0 heterocycles. The Kier molecular flexibility index (Phi) is 9.35. The summed E-state index contributed by atoms with van der Waals surface area (Å²) in [5.74, 6) is 0.679. The average Bonchev–Trinajstić information content (AvgIpc) is 2.79. The Hall–Kier alpha value is -2.35. The maximum Gasteiger partial charge on any atom is 0.266 e. The zero-order valence-electron chi connectivity index (χ0n) is 17.6. The Morgan fingerprint density at radius 1 is 1.12 bits per heavy atom. The number of hydrogen-bond acceptors (Lipinski definition) is 4. The van der Waals surface area contributed by atoms with Crippen molar-refractivity contribution >= 4 is 72.1 Å².